The van der Waals surface area contributed by atoms with E-state index in [4.69, 9.17) is 0 Å². The molecule has 2 aromatic rings. The van der Waals surface area contributed by atoms with E-state index in [1.54, 1.807) is 11.1 Å². The first-order valence-corrected chi connectivity index (χ1v) is 10.3. The second-order valence-corrected chi connectivity index (χ2v) is 8.14. The Kier molecular flexibility index (Phi) is 4.92. The van der Waals surface area contributed by atoms with Gasteiger partial charge < -0.3 is 15.1 Å². The van der Waals surface area contributed by atoms with Gasteiger partial charge in [0, 0.05) is 55.2 Å². The molecule has 8 nitrogen and oxygen atoms in total. The Balaban J connectivity index is 1.41. The largest absolute Gasteiger partial charge is 0.345 e. The summed E-state index contributed by atoms with van der Waals surface area (Å²) in [5.41, 5.74) is 2.47. The molecule has 9 heteroatoms. The van der Waals surface area contributed by atoms with Crippen molar-refractivity contribution in [3.8, 4) is 5.13 Å². The molecule has 4 rings (SSSR count). The van der Waals surface area contributed by atoms with Gasteiger partial charge >= 0.3 is 11.8 Å². The van der Waals surface area contributed by atoms with Crippen molar-refractivity contribution >= 4 is 29.1 Å². The number of aryl methyl sites for hydroxylation is 1. The molecule has 28 heavy (non-hydrogen) atoms. The molecule has 0 spiro atoms. The molecule has 1 saturated carbocycles. The lowest BCUT2D eigenvalue weighted by molar-refractivity contribution is -0.146. The van der Waals surface area contributed by atoms with E-state index in [0.29, 0.717) is 31.7 Å². The van der Waals surface area contributed by atoms with Crippen LogP contribution in [0, 0.1) is 13.8 Å². The van der Waals surface area contributed by atoms with Crippen molar-refractivity contribution in [2.75, 3.05) is 26.2 Å². The van der Waals surface area contributed by atoms with Crippen molar-refractivity contribution in [1.29, 1.82) is 0 Å². The number of hydrogen-bond acceptors (Lipinski definition) is 5. The first-order chi connectivity index (χ1) is 13.5. The molecular formula is C19H23N5O3S. The molecule has 0 aromatic carbocycles. The number of nitrogens with one attached hydrogen (secondary N) is 1. The molecule has 3 amide bonds. The summed E-state index contributed by atoms with van der Waals surface area (Å²) in [4.78, 5) is 44.8. The fourth-order valence-electron chi connectivity index (χ4n) is 3.50. The maximum absolute atomic E-state index is 13.0. The van der Waals surface area contributed by atoms with Crippen LogP contribution >= 0.6 is 11.3 Å². The average Bonchev–Trinajstić information content (AvgIpc) is 3.24. The summed E-state index contributed by atoms with van der Waals surface area (Å²) in [6.07, 6.45) is 3.64. The van der Waals surface area contributed by atoms with Gasteiger partial charge in [-0.1, -0.05) is 0 Å². The van der Waals surface area contributed by atoms with Gasteiger partial charge in [-0.3, -0.25) is 19.0 Å². The van der Waals surface area contributed by atoms with Crippen molar-refractivity contribution in [3.05, 3.63) is 34.6 Å². The molecule has 3 heterocycles. The number of nitrogens with zero attached hydrogens (tertiary/aromatic N) is 4. The molecule has 1 aliphatic carbocycles. The zero-order chi connectivity index (χ0) is 19.8. The van der Waals surface area contributed by atoms with Crippen molar-refractivity contribution in [1.82, 2.24) is 24.7 Å². The third kappa shape index (κ3) is 3.54. The van der Waals surface area contributed by atoms with E-state index in [9.17, 15) is 14.4 Å². The number of thiazole rings is 1. The quantitative estimate of drug-likeness (QED) is 0.781. The molecule has 1 saturated heterocycles. The van der Waals surface area contributed by atoms with Crippen LogP contribution in [-0.2, 0) is 9.59 Å². The predicted molar refractivity (Wildman–Crippen MR) is 105 cm³/mol. The minimum atomic E-state index is -0.533. The Labute approximate surface area is 167 Å². The summed E-state index contributed by atoms with van der Waals surface area (Å²) in [5.74, 6) is -1.08. The lowest BCUT2D eigenvalue weighted by Gasteiger charge is -2.34. The standard InChI is InChI=1S/C19H23N5O3S/c1-12-11-15(13(2)24(12)19-20-5-10-28-19)17(26)22-6-8-23(9-7-22)18(27)16(25)21-14-3-4-14/h5,10-11,14H,3-4,6-9H2,1-2H3,(H,21,25). The minimum absolute atomic E-state index is 0.0505. The molecule has 0 atom stereocenters. The van der Waals surface area contributed by atoms with Crippen LogP contribution in [0.4, 0.5) is 0 Å². The fourth-order valence-corrected chi connectivity index (χ4v) is 4.25. The van der Waals surface area contributed by atoms with Crippen molar-refractivity contribution in [3.63, 3.8) is 0 Å². The van der Waals surface area contributed by atoms with E-state index in [0.717, 1.165) is 29.4 Å². The lowest BCUT2D eigenvalue weighted by atomic mass is 10.2. The van der Waals surface area contributed by atoms with Crippen molar-refractivity contribution < 1.29 is 14.4 Å². The molecule has 2 fully saturated rings. The van der Waals surface area contributed by atoms with E-state index < -0.39 is 11.8 Å². The van der Waals surface area contributed by atoms with Gasteiger partial charge in [-0.05, 0) is 32.8 Å². The first-order valence-electron chi connectivity index (χ1n) is 9.43. The second kappa shape index (κ2) is 7.38. The highest BCUT2D eigenvalue weighted by Gasteiger charge is 2.32. The van der Waals surface area contributed by atoms with Crippen LogP contribution in [0.5, 0.6) is 0 Å². The van der Waals surface area contributed by atoms with Gasteiger partial charge in [-0.2, -0.15) is 0 Å². The molecule has 0 radical (unpaired) electrons. The first kappa shape index (κ1) is 18.7. The number of hydrogen-bond donors (Lipinski definition) is 1. The highest BCUT2D eigenvalue weighted by molar-refractivity contribution is 7.12. The highest BCUT2D eigenvalue weighted by Crippen LogP contribution is 2.24. The van der Waals surface area contributed by atoms with Crippen molar-refractivity contribution in [2.45, 2.75) is 32.7 Å². The van der Waals surface area contributed by atoms with Gasteiger partial charge in [0.15, 0.2) is 5.13 Å². The van der Waals surface area contributed by atoms with Crippen LogP contribution in [-0.4, -0.2) is 69.3 Å². The zero-order valence-corrected chi connectivity index (χ0v) is 16.8. The van der Waals surface area contributed by atoms with Gasteiger partial charge in [0.2, 0.25) is 0 Å². The van der Waals surface area contributed by atoms with Crippen LogP contribution in [0.1, 0.15) is 34.6 Å². The Morgan fingerprint density at radius 3 is 2.39 bits per heavy atom. The van der Waals surface area contributed by atoms with Crippen LogP contribution < -0.4 is 5.32 Å². The summed E-state index contributed by atoms with van der Waals surface area (Å²) < 4.78 is 1.99. The van der Waals surface area contributed by atoms with Crippen molar-refractivity contribution in [2.24, 2.45) is 0 Å². The molecule has 2 aliphatic rings. The molecule has 0 unspecified atom stereocenters. The molecule has 1 N–H and O–H groups in total. The molecule has 2 aromatic heterocycles. The van der Waals surface area contributed by atoms with Crippen LogP contribution in [0.25, 0.3) is 5.13 Å². The maximum Gasteiger partial charge on any atom is 0.312 e. The van der Waals surface area contributed by atoms with E-state index in [1.807, 2.05) is 29.9 Å². The van der Waals surface area contributed by atoms with E-state index in [-0.39, 0.29) is 11.9 Å². The van der Waals surface area contributed by atoms with Gasteiger partial charge in [-0.15, -0.1) is 11.3 Å². The summed E-state index contributed by atoms with van der Waals surface area (Å²) in [6.45, 7) is 5.45. The second-order valence-electron chi connectivity index (χ2n) is 7.27. The van der Waals surface area contributed by atoms with E-state index in [2.05, 4.69) is 10.3 Å². The number of aromatic nitrogens is 2. The van der Waals surface area contributed by atoms with E-state index in [1.165, 1.54) is 16.2 Å². The van der Waals surface area contributed by atoms with Crippen LogP contribution in [0.2, 0.25) is 0 Å². The fraction of sp³-hybridized carbons (Fsp3) is 0.474. The van der Waals surface area contributed by atoms with Crippen LogP contribution in [0.15, 0.2) is 17.6 Å². The number of carbonyl (C=O) groups is 3. The molecular weight excluding hydrogens is 378 g/mol. The third-order valence-electron chi connectivity index (χ3n) is 5.23. The number of amides is 3. The molecule has 1 aliphatic heterocycles. The van der Waals surface area contributed by atoms with E-state index >= 15 is 0 Å². The molecule has 0 bridgehead atoms. The summed E-state index contributed by atoms with van der Waals surface area (Å²) >= 11 is 1.52. The summed E-state index contributed by atoms with van der Waals surface area (Å²) in [5, 5.41) is 5.47. The normalized spacial score (nSPS) is 16.9. The SMILES string of the molecule is Cc1cc(C(=O)N2CCN(C(=O)C(=O)NC3CC3)CC2)c(C)n1-c1nccs1. The zero-order valence-electron chi connectivity index (χ0n) is 16.0. The average molecular weight is 401 g/mol. The predicted octanol–water partition coefficient (Wildman–Crippen LogP) is 1.11. The minimum Gasteiger partial charge on any atom is -0.345 e. The Hall–Kier alpha value is -2.68. The Bertz CT molecular complexity index is 908. The number of piperazine rings is 1. The van der Waals surface area contributed by atoms with Gasteiger partial charge in [-0.25, -0.2) is 4.98 Å². The third-order valence-corrected chi connectivity index (χ3v) is 5.99. The highest BCUT2D eigenvalue weighted by atomic mass is 32.1. The monoisotopic (exact) mass is 401 g/mol. The van der Waals surface area contributed by atoms with Gasteiger partial charge in [0.05, 0.1) is 5.56 Å². The van der Waals surface area contributed by atoms with Gasteiger partial charge in [0.25, 0.3) is 5.91 Å². The topological polar surface area (TPSA) is 87.5 Å². The number of rotatable bonds is 3. The smallest absolute Gasteiger partial charge is 0.312 e. The number of carbonyl (C=O) groups excluding carboxylic acids is 3. The van der Waals surface area contributed by atoms with Gasteiger partial charge in [0.1, 0.15) is 0 Å². The van der Waals surface area contributed by atoms with Crippen LogP contribution in [0.3, 0.4) is 0 Å². The Morgan fingerprint density at radius 1 is 1.11 bits per heavy atom. The molecule has 148 valence electrons. The maximum atomic E-state index is 13.0. The lowest BCUT2D eigenvalue weighted by Crippen LogP contribution is -2.54. The summed E-state index contributed by atoms with van der Waals surface area (Å²) in [7, 11) is 0. The summed E-state index contributed by atoms with van der Waals surface area (Å²) in [6, 6.07) is 2.05. The Morgan fingerprint density at radius 2 is 1.79 bits per heavy atom.